The van der Waals surface area contributed by atoms with E-state index >= 15 is 0 Å². The number of anilines is 1. The zero-order valence-corrected chi connectivity index (χ0v) is 8.32. The van der Waals surface area contributed by atoms with Crippen LogP contribution in [0.4, 0.5) is 5.00 Å². The van der Waals surface area contributed by atoms with E-state index in [1.54, 1.807) is 6.07 Å². The van der Waals surface area contributed by atoms with E-state index in [0.717, 1.165) is 15.1 Å². The number of fused-ring (bicyclic) bond motifs is 1. The molecule has 2 rings (SSSR count). The molecule has 0 spiro atoms. The van der Waals surface area contributed by atoms with Crippen LogP contribution in [0, 0.1) is 11.3 Å². The minimum atomic E-state index is 0.591. The van der Waals surface area contributed by atoms with Gasteiger partial charge in [-0.25, -0.2) is 0 Å². The first-order valence-electron chi connectivity index (χ1n) is 3.63. The van der Waals surface area contributed by atoms with Crippen molar-refractivity contribution in [2.45, 2.75) is 4.90 Å². The van der Waals surface area contributed by atoms with Gasteiger partial charge in [0.25, 0.3) is 0 Å². The molecule has 2 nitrogen and oxygen atoms in total. The van der Waals surface area contributed by atoms with Crippen LogP contribution in [0.5, 0.6) is 0 Å². The van der Waals surface area contributed by atoms with E-state index in [0.29, 0.717) is 10.5 Å². The summed E-state index contributed by atoms with van der Waals surface area (Å²) in [6.07, 6.45) is 0. The normalized spacial score (nSPS) is 10.2. The van der Waals surface area contributed by atoms with Crippen LogP contribution in [-0.4, -0.2) is 0 Å². The molecule has 1 aromatic carbocycles. The number of hydrogen-bond acceptors (Lipinski definition) is 4. The van der Waals surface area contributed by atoms with E-state index in [2.05, 4.69) is 18.7 Å². The van der Waals surface area contributed by atoms with Gasteiger partial charge in [0.2, 0.25) is 0 Å². The van der Waals surface area contributed by atoms with Crippen LogP contribution < -0.4 is 5.73 Å². The average Bonchev–Trinajstić information content (AvgIpc) is 2.47. The SMILES string of the molecule is N#Cc1ccc2sc(N)cc2c1S. The lowest BCUT2D eigenvalue weighted by Crippen LogP contribution is -1.77. The smallest absolute Gasteiger partial charge is 0.100 e. The number of thiol groups is 1. The predicted octanol–water partition coefficient (Wildman–Crippen LogP) is 2.64. The molecule has 0 aliphatic heterocycles. The van der Waals surface area contributed by atoms with Crippen LogP contribution in [-0.2, 0) is 0 Å². The van der Waals surface area contributed by atoms with Crippen molar-refractivity contribution in [2.24, 2.45) is 0 Å². The number of nitrogens with zero attached hydrogens (tertiary/aromatic N) is 1. The number of rotatable bonds is 0. The number of nitriles is 1. The van der Waals surface area contributed by atoms with Crippen molar-refractivity contribution in [3.05, 3.63) is 23.8 Å². The van der Waals surface area contributed by atoms with Crippen molar-refractivity contribution in [2.75, 3.05) is 5.73 Å². The number of hydrogen-bond donors (Lipinski definition) is 2. The van der Waals surface area contributed by atoms with Gasteiger partial charge in [0.15, 0.2) is 0 Å². The molecule has 0 unspecified atom stereocenters. The maximum atomic E-state index is 8.76. The van der Waals surface area contributed by atoms with Gasteiger partial charge in [-0.3, -0.25) is 0 Å². The third kappa shape index (κ3) is 1.26. The van der Waals surface area contributed by atoms with E-state index in [1.165, 1.54) is 11.3 Å². The first-order valence-corrected chi connectivity index (χ1v) is 4.90. The van der Waals surface area contributed by atoms with Gasteiger partial charge < -0.3 is 5.73 Å². The van der Waals surface area contributed by atoms with Gasteiger partial charge in [-0.05, 0) is 18.2 Å². The third-order valence-corrected chi connectivity index (χ3v) is 3.22. The molecule has 0 radical (unpaired) electrons. The fourth-order valence-electron chi connectivity index (χ4n) is 1.21. The van der Waals surface area contributed by atoms with Crippen molar-refractivity contribution < 1.29 is 0 Å². The largest absolute Gasteiger partial charge is 0.391 e. The molecule has 0 aliphatic carbocycles. The second-order valence-electron chi connectivity index (χ2n) is 2.63. The number of thiophene rings is 1. The minimum Gasteiger partial charge on any atom is -0.391 e. The molecule has 0 saturated heterocycles. The highest BCUT2D eigenvalue weighted by Crippen LogP contribution is 2.33. The summed E-state index contributed by atoms with van der Waals surface area (Å²) in [5.41, 5.74) is 6.24. The Bertz CT molecular complexity index is 508. The second kappa shape index (κ2) is 2.95. The molecule has 13 heavy (non-hydrogen) atoms. The van der Waals surface area contributed by atoms with E-state index in [-0.39, 0.29) is 0 Å². The Morgan fingerprint density at radius 2 is 2.23 bits per heavy atom. The van der Waals surface area contributed by atoms with Gasteiger partial charge >= 0.3 is 0 Å². The van der Waals surface area contributed by atoms with E-state index in [1.807, 2.05) is 12.1 Å². The summed E-state index contributed by atoms with van der Waals surface area (Å²) >= 11 is 5.79. The molecule has 1 aromatic heterocycles. The van der Waals surface area contributed by atoms with Gasteiger partial charge in [0, 0.05) is 15.0 Å². The molecule has 2 N–H and O–H groups in total. The first-order chi connectivity index (χ1) is 6.22. The quantitative estimate of drug-likeness (QED) is 0.651. The van der Waals surface area contributed by atoms with E-state index in [9.17, 15) is 0 Å². The fraction of sp³-hybridized carbons (Fsp3) is 0. The minimum absolute atomic E-state index is 0.591. The summed E-state index contributed by atoms with van der Waals surface area (Å²) < 4.78 is 1.07. The Labute approximate surface area is 85.0 Å². The van der Waals surface area contributed by atoms with Crippen LogP contribution in [0.1, 0.15) is 5.56 Å². The lowest BCUT2D eigenvalue weighted by atomic mass is 10.2. The Kier molecular flexibility index (Phi) is 1.91. The molecule has 0 bridgehead atoms. The van der Waals surface area contributed by atoms with Gasteiger partial charge in [-0.2, -0.15) is 5.26 Å². The molecule has 0 atom stereocenters. The molecular formula is C9H6N2S2. The molecular weight excluding hydrogens is 200 g/mol. The molecule has 0 saturated carbocycles. The maximum absolute atomic E-state index is 8.76. The summed E-state index contributed by atoms with van der Waals surface area (Å²) in [5, 5.41) is 10.5. The molecule has 1 heterocycles. The lowest BCUT2D eigenvalue weighted by Gasteiger charge is -1.96. The zero-order chi connectivity index (χ0) is 9.42. The van der Waals surface area contributed by atoms with Gasteiger partial charge in [0.05, 0.1) is 10.6 Å². The Hall–Kier alpha value is -1.18. The highest BCUT2D eigenvalue weighted by Gasteiger charge is 2.06. The molecule has 4 heteroatoms. The van der Waals surface area contributed by atoms with Crippen LogP contribution in [0.25, 0.3) is 10.1 Å². The lowest BCUT2D eigenvalue weighted by molar-refractivity contribution is 1.43. The molecule has 2 aromatic rings. The highest BCUT2D eigenvalue weighted by atomic mass is 32.1. The molecule has 0 aliphatic rings. The molecule has 0 fully saturated rings. The van der Waals surface area contributed by atoms with Crippen molar-refractivity contribution in [1.82, 2.24) is 0 Å². The molecule has 0 amide bonds. The fourth-order valence-corrected chi connectivity index (χ4v) is 2.43. The monoisotopic (exact) mass is 206 g/mol. The van der Waals surface area contributed by atoms with Crippen molar-refractivity contribution in [1.29, 1.82) is 5.26 Å². The van der Waals surface area contributed by atoms with E-state index < -0.39 is 0 Å². The summed E-state index contributed by atoms with van der Waals surface area (Å²) in [5.74, 6) is 0. The zero-order valence-electron chi connectivity index (χ0n) is 6.61. The van der Waals surface area contributed by atoms with Gasteiger partial charge in [-0.15, -0.1) is 24.0 Å². The maximum Gasteiger partial charge on any atom is 0.100 e. The molecule has 64 valence electrons. The van der Waals surface area contributed by atoms with Gasteiger partial charge in [0.1, 0.15) is 6.07 Å². The summed E-state index contributed by atoms with van der Waals surface area (Å²) in [7, 11) is 0. The highest BCUT2D eigenvalue weighted by molar-refractivity contribution is 7.80. The third-order valence-electron chi connectivity index (χ3n) is 1.81. The van der Waals surface area contributed by atoms with Crippen molar-refractivity contribution in [3.63, 3.8) is 0 Å². The number of nitrogen functional groups attached to an aromatic ring is 1. The van der Waals surface area contributed by atoms with Crippen molar-refractivity contribution in [3.8, 4) is 6.07 Å². The second-order valence-corrected chi connectivity index (χ2v) is 4.20. The van der Waals surface area contributed by atoms with Crippen LogP contribution in [0.2, 0.25) is 0 Å². The summed E-state index contributed by atoms with van der Waals surface area (Å²) in [4.78, 5) is 0.716. The van der Waals surface area contributed by atoms with Crippen LogP contribution in [0.3, 0.4) is 0 Å². The average molecular weight is 206 g/mol. The Morgan fingerprint density at radius 1 is 1.46 bits per heavy atom. The first kappa shape index (κ1) is 8.42. The van der Waals surface area contributed by atoms with Gasteiger partial charge in [-0.1, -0.05) is 0 Å². The standard InChI is InChI=1S/C9H6N2S2/c10-4-5-1-2-7-6(9(5)12)3-8(11)13-7/h1-3,12H,11H2. The Morgan fingerprint density at radius 3 is 2.92 bits per heavy atom. The number of nitrogens with two attached hydrogens (primary N) is 1. The predicted molar refractivity (Wildman–Crippen MR) is 58.2 cm³/mol. The van der Waals surface area contributed by atoms with Crippen LogP contribution in [0.15, 0.2) is 23.1 Å². The van der Waals surface area contributed by atoms with E-state index in [4.69, 9.17) is 11.0 Å². The summed E-state index contributed by atoms with van der Waals surface area (Å²) in [6.45, 7) is 0. The Balaban J connectivity index is 2.87. The topological polar surface area (TPSA) is 49.8 Å². The van der Waals surface area contributed by atoms with Crippen molar-refractivity contribution >= 4 is 39.1 Å². The summed E-state index contributed by atoms with van der Waals surface area (Å²) in [6, 6.07) is 7.60. The number of benzene rings is 1. The van der Waals surface area contributed by atoms with Crippen LogP contribution >= 0.6 is 24.0 Å².